The van der Waals surface area contributed by atoms with Crippen LogP contribution in [0.3, 0.4) is 0 Å². The minimum absolute atomic E-state index is 0.0783. The summed E-state index contributed by atoms with van der Waals surface area (Å²) in [4.78, 5) is 44.4. The highest BCUT2D eigenvalue weighted by Gasteiger charge is 2.19. The highest BCUT2D eigenvalue weighted by molar-refractivity contribution is 5.84. The van der Waals surface area contributed by atoms with E-state index < -0.39 is 18.0 Å². The van der Waals surface area contributed by atoms with Crippen molar-refractivity contribution >= 4 is 23.6 Å². The number of aliphatic carboxylic acids is 2. The Morgan fingerprint density at radius 1 is 0.606 bits per heavy atom. The lowest BCUT2D eigenvalue weighted by Gasteiger charge is -2.13. The van der Waals surface area contributed by atoms with E-state index in [-0.39, 0.29) is 24.5 Å². The number of unbranched alkanes of at least 4 members (excludes halogenated alkanes) is 13. The van der Waals surface area contributed by atoms with Gasteiger partial charge in [-0.1, -0.05) is 90.9 Å². The molecule has 0 aromatic carbocycles. The first-order valence-corrected chi connectivity index (χ1v) is 13.1. The Morgan fingerprint density at radius 3 is 1.30 bits per heavy atom. The van der Waals surface area contributed by atoms with Crippen LogP contribution in [0.4, 0.5) is 0 Å². The summed E-state index contributed by atoms with van der Waals surface area (Å²) in [6, 6.07) is -0.978. The Bertz CT molecular complexity index is 521. The van der Waals surface area contributed by atoms with Crippen LogP contribution in [0.15, 0.2) is 0 Å². The van der Waals surface area contributed by atoms with Gasteiger partial charge in [-0.2, -0.15) is 0 Å². The largest absolute Gasteiger partial charge is 0.481 e. The molecule has 3 N–H and O–H groups in total. The Hall–Kier alpha value is -1.92. The molecule has 0 aliphatic rings. The second kappa shape index (κ2) is 24.7. The van der Waals surface area contributed by atoms with Crippen LogP contribution in [0.25, 0.3) is 0 Å². The maximum atomic E-state index is 11.9. The molecule has 0 aliphatic carbocycles. The Balaban J connectivity index is 0. The molecule has 0 bridgehead atoms. The molecule has 7 heteroatoms. The van der Waals surface area contributed by atoms with Gasteiger partial charge in [0.1, 0.15) is 11.8 Å². The Kier molecular flexibility index (Phi) is 24.9. The summed E-state index contributed by atoms with van der Waals surface area (Å²) < 4.78 is 0. The lowest BCUT2D eigenvalue weighted by atomic mass is 10.0. The van der Waals surface area contributed by atoms with Gasteiger partial charge < -0.3 is 20.3 Å². The molecule has 1 atom stereocenters. The maximum Gasteiger partial charge on any atom is 0.326 e. The van der Waals surface area contributed by atoms with E-state index in [0.29, 0.717) is 12.8 Å². The first kappa shape index (κ1) is 33.3. The van der Waals surface area contributed by atoms with E-state index in [1.807, 2.05) is 13.8 Å². The molecule has 0 aromatic rings. The fourth-order valence-electron chi connectivity index (χ4n) is 3.55. The number of carbonyl (C=O) groups is 4. The van der Waals surface area contributed by atoms with Gasteiger partial charge in [-0.25, -0.2) is 4.79 Å². The number of amides is 1. The number of carboxylic acids is 2. The second-order valence-corrected chi connectivity index (χ2v) is 8.54. The molecule has 194 valence electrons. The number of Topliss-reactive ketones (excluding diaryl/α,β-unsaturated/α-hetero) is 1. The van der Waals surface area contributed by atoms with Crippen LogP contribution in [-0.2, 0) is 19.2 Å². The van der Waals surface area contributed by atoms with E-state index >= 15 is 0 Å². The number of hydrogen-bond acceptors (Lipinski definition) is 4. The number of nitrogens with one attached hydrogen (secondary N) is 1. The van der Waals surface area contributed by atoms with E-state index in [0.717, 1.165) is 38.5 Å². The SMILES string of the molecule is CC.CC(=O)CC[C@H](NC(=O)CCCCCCCCCCCCCCCCC(=O)O)C(=O)O. The quantitative estimate of drug-likeness (QED) is 0.160. The van der Waals surface area contributed by atoms with E-state index in [2.05, 4.69) is 5.32 Å². The van der Waals surface area contributed by atoms with Crippen LogP contribution in [-0.4, -0.2) is 39.9 Å². The second-order valence-electron chi connectivity index (χ2n) is 8.54. The first-order chi connectivity index (χ1) is 15.8. The summed E-state index contributed by atoms with van der Waals surface area (Å²) in [7, 11) is 0. The molecule has 1 amide bonds. The van der Waals surface area contributed by atoms with E-state index in [1.54, 1.807) is 0 Å². The fraction of sp³-hybridized carbons (Fsp3) is 0.846. The van der Waals surface area contributed by atoms with Crippen LogP contribution in [0, 0.1) is 0 Å². The van der Waals surface area contributed by atoms with Crippen molar-refractivity contribution in [3.05, 3.63) is 0 Å². The molecule has 0 aromatic heterocycles. The smallest absolute Gasteiger partial charge is 0.326 e. The maximum absolute atomic E-state index is 11.9. The van der Waals surface area contributed by atoms with Gasteiger partial charge >= 0.3 is 11.9 Å². The van der Waals surface area contributed by atoms with E-state index in [1.165, 1.54) is 58.3 Å². The minimum atomic E-state index is -1.09. The zero-order valence-electron chi connectivity index (χ0n) is 21.3. The van der Waals surface area contributed by atoms with Gasteiger partial charge in [0.15, 0.2) is 0 Å². The van der Waals surface area contributed by atoms with Gasteiger partial charge in [0.05, 0.1) is 0 Å². The van der Waals surface area contributed by atoms with E-state index in [9.17, 15) is 19.2 Å². The van der Waals surface area contributed by atoms with Crippen LogP contribution >= 0.6 is 0 Å². The molecular formula is C26H49NO6. The van der Waals surface area contributed by atoms with Crippen molar-refractivity contribution < 1.29 is 29.4 Å². The van der Waals surface area contributed by atoms with Crippen molar-refractivity contribution in [2.45, 2.75) is 142 Å². The molecule has 0 fully saturated rings. The Labute approximate surface area is 201 Å². The average molecular weight is 472 g/mol. The third kappa shape index (κ3) is 26.2. The van der Waals surface area contributed by atoms with Gasteiger partial charge in [0.25, 0.3) is 0 Å². The van der Waals surface area contributed by atoms with Gasteiger partial charge in [0.2, 0.25) is 5.91 Å². The Morgan fingerprint density at radius 2 is 0.970 bits per heavy atom. The van der Waals surface area contributed by atoms with Gasteiger partial charge in [-0.15, -0.1) is 0 Å². The summed E-state index contributed by atoms with van der Waals surface area (Å²) in [5.41, 5.74) is 0. The zero-order valence-corrected chi connectivity index (χ0v) is 21.3. The molecule has 0 heterocycles. The lowest BCUT2D eigenvalue weighted by Crippen LogP contribution is -2.40. The van der Waals surface area contributed by atoms with Crippen LogP contribution < -0.4 is 5.32 Å². The molecule has 33 heavy (non-hydrogen) atoms. The number of carbonyl (C=O) groups excluding carboxylic acids is 2. The number of hydrogen-bond donors (Lipinski definition) is 3. The predicted molar refractivity (Wildman–Crippen MR) is 132 cm³/mol. The summed E-state index contributed by atoms with van der Waals surface area (Å²) in [5.74, 6) is -2.12. The lowest BCUT2D eigenvalue weighted by molar-refractivity contribution is -0.142. The summed E-state index contributed by atoms with van der Waals surface area (Å²) in [5, 5.41) is 20.2. The summed E-state index contributed by atoms with van der Waals surface area (Å²) in [6.07, 6.45) is 16.6. The average Bonchev–Trinajstić information content (AvgIpc) is 2.77. The molecule has 7 nitrogen and oxygen atoms in total. The molecule has 0 saturated heterocycles. The monoisotopic (exact) mass is 471 g/mol. The highest BCUT2D eigenvalue weighted by Crippen LogP contribution is 2.14. The third-order valence-electron chi connectivity index (χ3n) is 5.46. The van der Waals surface area contributed by atoms with E-state index in [4.69, 9.17) is 10.2 Å². The minimum Gasteiger partial charge on any atom is -0.481 e. The van der Waals surface area contributed by atoms with Crippen LogP contribution in [0.5, 0.6) is 0 Å². The topological polar surface area (TPSA) is 121 Å². The molecular weight excluding hydrogens is 422 g/mol. The zero-order chi connectivity index (χ0) is 25.3. The summed E-state index contributed by atoms with van der Waals surface area (Å²) >= 11 is 0. The first-order valence-electron chi connectivity index (χ1n) is 13.1. The van der Waals surface area contributed by atoms with Crippen molar-refractivity contribution in [2.75, 3.05) is 0 Å². The molecule has 0 saturated carbocycles. The fourth-order valence-corrected chi connectivity index (χ4v) is 3.55. The third-order valence-corrected chi connectivity index (χ3v) is 5.46. The molecule has 0 spiro atoms. The highest BCUT2D eigenvalue weighted by atomic mass is 16.4. The van der Waals surface area contributed by atoms with Gasteiger partial charge in [0, 0.05) is 19.3 Å². The number of rotatable bonds is 22. The van der Waals surface area contributed by atoms with Crippen LogP contribution in [0.2, 0.25) is 0 Å². The summed E-state index contributed by atoms with van der Waals surface area (Å²) in [6.45, 7) is 5.41. The normalized spacial score (nSPS) is 11.2. The predicted octanol–water partition coefficient (Wildman–Crippen LogP) is 6.28. The standard InChI is InChI=1S/C24H43NO6.C2H6/c1-20(26)18-19-21(24(30)31)25-22(27)16-14-12-10-8-6-4-2-3-5-7-9-11-13-15-17-23(28)29;1-2/h21H,2-19H2,1H3,(H,25,27)(H,28,29)(H,30,31);1-2H3/t21-;/m0./s1. The molecule has 0 unspecified atom stereocenters. The van der Waals surface area contributed by atoms with Crippen molar-refractivity contribution in [1.82, 2.24) is 5.32 Å². The van der Waals surface area contributed by atoms with Crippen molar-refractivity contribution in [3.8, 4) is 0 Å². The van der Waals surface area contributed by atoms with Crippen LogP contribution in [0.1, 0.15) is 136 Å². The molecule has 0 radical (unpaired) electrons. The number of carboxylic acid groups (broad SMARTS) is 2. The number of ketones is 1. The molecule has 0 aliphatic heterocycles. The van der Waals surface area contributed by atoms with Crippen molar-refractivity contribution in [3.63, 3.8) is 0 Å². The van der Waals surface area contributed by atoms with Crippen molar-refractivity contribution in [2.24, 2.45) is 0 Å². The van der Waals surface area contributed by atoms with Gasteiger partial charge in [-0.05, 0) is 26.2 Å². The van der Waals surface area contributed by atoms with Crippen molar-refractivity contribution in [1.29, 1.82) is 0 Å². The van der Waals surface area contributed by atoms with Gasteiger partial charge in [-0.3, -0.25) is 9.59 Å². The molecule has 0 rings (SSSR count).